The fourth-order valence-corrected chi connectivity index (χ4v) is 1.80. The summed E-state index contributed by atoms with van der Waals surface area (Å²) < 4.78 is 10.0. The van der Waals surface area contributed by atoms with E-state index in [9.17, 15) is 9.59 Å². The fraction of sp³-hybridized carbons (Fsp3) is 0.692. The van der Waals surface area contributed by atoms with Crippen LogP contribution in [0.3, 0.4) is 0 Å². The van der Waals surface area contributed by atoms with E-state index in [1.54, 1.807) is 4.90 Å². The van der Waals surface area contributed by atoms with E-state index in [-0.39, 0.29) is 12.1 Å². The number of nitrogens with zero attached hydrogens (tertiary/aromatic N) is 1. The maximum absolute atomic E-state index is 11.9. The monoisotopic (exact) mass is 255 g/mol. The Bertz CT molecular complexity index is 379. The van der Waals surface area contributed by atoms with E-state index in [2.05, 4.69) is 0 Å². The van der Waals surface area contributed by atoms with Crippen molar-refractivity contribution in [3.05, 3.63) is 11.1 Å². The highest BCUT2D eigenvalue weighted by molar-refractivity contribution is 5.89. The average molecular weight is 255 g/mol. The molecule has 0 aromatic carbocycles. The number of carbonyl (C=O) groups is 2. The Morgan fingerprint density at radius 2 is 1.89 bits per heavy atom. The quantitative estimate of drug-likeness (QED) is 0.673. The number of hydrogen-bond acceptors (Lipinski definition) is 4. The van der Waals surface area contributed by atoms with Gasteiger partial charge in [0, 0.05) is 18.7 Å². The van der Waals surface area contributed by atoms with Gasteiger partial charge < -0.3 is 14.4 Å². The molecule has 0 bridgehead atoms. The number of methoxy groups -OCH3 is 1. The summed E-state index contributed by atoms with van der Waals surface area (Å²) in [4.78, 5) is 24.9. The van der Waals surface area contributed by atoms with Gasteiger partial charge in [-0.25, -0.2) is 9.59 Å². The van der Waals surface area contributed by atoms with E-state index in [0.29, 0.717) is 25.1 Å². The molecule has 0 spiro atoms. The Morgan fingerprint density at radius 3 is 2.33 bits per heavy atom. The number of ether oxygens (including phenoxy) is 2. The van der Waals surface area contributed by atoms with Crippen molar-refractivity contribution in [2.75, 3.05) is 20.2 Å². The van der Waals surface area contributed by atoms with Gasteiger partial charge in [-0.05, 0) is 39.7 Å². The molecule has 1 aliphatic rings. The number of rotatable bonds is 1. The second-order valence-electron chi connectivity index (χ2n) is 5.40. The van der Waals surface area contributed by atoms with Gasteiger partial charge in [0.1, 0.15) is 5.60 Å². The SMILES string of the molecule is COC(=O)C1=C(C)CN(C(=O)OC(C)(C)C)CC1. The van der Waals surface area contributed by atoms with E-state index in [4.69, 9.17) is 9.47 Å². The zero-order chi connectivity index (χ0) is 13.9. The van der Waals surface area contributed by atoms with Gasteiger partial charge in [-0.1, -0.05) is 0 Å². The number of hydrogen-bond donors (Lipinski definition) is 0. The molecule has 0 radical (unpaired) electrons. The van der Waals surface area contributed by atoms with Crippen molar-refractivity contribution in [3.8, 4) is 0 Å². The van der Waals surface area contributed by atoms with Crippen LogP contribution in [0, 0.1) is 0 Å². The first-order valence-electron chi connectivity index (χ1n) is 5.99. The van der Waals surface area contributed by atoms with Crippen LogP contribution < -0.4 is 0 Å². The summed E-state index contributed by atoms with van der Waals surface area (Å²) in [7, 11) is 1.36. The topological polar surface area (TPSA) is 55.8 Å². The van der Waals surface area contributed by atoms with Gasteiger partial charge in [-0.15, -0.1) is 0 Å². The van der Waals surface area contributed by atoms with E-state index in [1.165, 1.54) is 7.11 Å². The molecule has 1 aliphatic heterocycles. The van der Waals surface area contributed by atoms with Crippen molar-refractivity contribution in [1.82, 2.24) is 4.90 Å². The Hall–Kier alpha value is -1.52. The van der Waals surface area contributed by atoms with E-state index in [0.717, 1.165) is 5.57 Å². The highest BCUT2D eigenvalue weighted by Crippen LogP contribution is 2.20. The van der Waals surface area contributed by atoms with Crippen molar-refractivity contribution in [2.45, 2.75) is 39.7 Å². The second kappa shape index (κ2) is 5.42. The molecule has 5 nitrogen and oxygen atoms in total. The number of amides is 1. The van der Waals surface area contributed by atoms with Gasteiger partial charge in [0.25, 0.3) is 0 Å². The molecule has 1 rings (SSSR count). The van der Waals surface area contributed by atoms with Crippen LogP contribution in [0.1, 0.15) is 34.1 Å². The van der Waals surface area contributed by atoms with E-state index in [1.807, 2.05) is 27.7 Å². The van der Waals surface area contributed by atoms with Crippen molar-refractivity contribution >= 4 is 12.1 Å². The molecule has 0 saturated heterocycles. The van der Waals surface area contributed by atoms with Gasteiger partial charge in [0.05, 0.1) is 7.11 Å². The Kier molecular flexibility index (Phi) is 4.38. The van der Waals surface area contributed by atoms with Crippen LogP contribution in [0.4, 0.5) is 4.79 Å². The summed E-state index contributed by atoms with van der Waals surface area (Å²) >= 11 is 0. The third-order valence-electron chi connectivity index (χ3n) is 2.66. The van der Waals surface area contributed by atoms with Crippen LogP contribution >= 0.6 is 0 Å². The minimum atomic E-state index is -0.503. The predicted octanol–water partition coefficient (Wildman–Crippen LogP) is 2.12. The highest BCUT2D eigenvalue weighted by Gasteiger charge is 2.27. The Labute approximate surface area is 108 Å². The maximum Gasteiger partial charge on any atom is 0.410 e. The molecule has 5 heteroatoms. The average Bonchev–Trinajstić information content (AvgIpc) is 2.25. The van der Waals surface area contributed by atoms with Gasteiger partial charge in [-0.3, -0.25) is 0 Å². The van der Waals surface area contributed by atoms with Gasteiger partial charge in [0.15, 0.2) is 0 Å². The second-order valence-corrected chi connectivity index (χ2v) is 5.40. The molecule has 0 aliphatic carbocycles. The lowest BCUT2D eigenvalue weighted by Crippen LogP contribution is -2.41. The molecule has 0 fully saturated rings. The first kappa shape index (κ1) is 14.5. The van der Waals surface area contributed by atoms with Crippen molar-refractivity contribution < 1.29 is 19.1 Å². The Balaban J connectivity index is 2.69. The first-order valence-corrected chi connectivity index (χ1v) is 5.99. The molecule has 0 N–H and O–H groups in total. The zero-order valence-corrected chi connectivity index (χ0v) is 11.7. The molecule has 0 saturated carbocycles. The normalized spacial score (nSPS) is 16.6. The number of esters is 1. The summed E-state index contributed by atoms with van der Waals surface area (Å²) in [6.45, 7) is 8.23. The van der Waals surface area contributed by atoms with Crippen molar-refractivity contribution in [3.63, 3.8) is 0 Å². The molecule has 1 heterocycles. The summed E-state index contributed by atoms with van der Waals surface area (Å²) in [5.41, 5.74) is 1.02. The summed E-state index contributed by atoms with van der Waals surface area (Å²) in [5.74, 6) is -0.309. The molecule has 0 atom stereocenters. The minimum Gasteiger partial charge on any atom is -0.466 e. The van der Waals surface area contributed by atoms with Crippen LogP contribution in [0.2, 0.25) is 0 Å². The summed E-state index contributed by atoms with van der Waals surface area (Å²) in [6.07, 6.45) is 0.170. The molecule has 0 aromatic heterocycles. The zero-order valence-electron chi connectivity index (χ0n) is 11.7. The maximum atomic E-state index is 11.9. The largest absolute Gasteiger partial charge is 0.466 e. The van der Waals surface area contributed by atoms with Crippen molar-refractivity contribution in [1.29, 1.82) is 0 Å². The molecular weight excluding hydrogens is 234 g/mol. The van der Waals surface area contributed by atoms with E-state index >= 15 is 0 Å². The molecular formula is C13H21NO4. The molecule has 0 aromatic rings. The van der Waals surface area contributed by atoms with Gasteiger partial charge in [0.2, 0.25) is 0 Å². The number of carbonyl (C=O) groups excluding carboxylic acids is 2. The third kappa shape index (κ3) is 3.75. The standard InChI is InChI=1S/C13H21NO4/c1-9-8-14(12(16)18-13(2,3)4)7-6-10(9)11(15)17-5/h6-8H2,1-5H3. The lowest BCUT2D eigenvalue weighted by atomic mass is 10.0. The molecule has 1 amide bonds. The van der Waals surface area contributed by atoms with Crippen LogP contribution in [0.15, 0.2) is 11.1 Å². The van der Waals surface area contributed by atoms with Crippen LogP contribution in [0.5, 0.6) is 0 Å². The molecule has 102 valence electrons. The molecule has 0 unspecified atom stereocenters. The van der Waals surface area contributed by atoms with Crippen molar-refractivity contribution in [2.24, 2.45) is 0 Å². The third-order valence-corrected chi connectivity index (χ3v) is 2.66. The Morgan fingerprint density at radius 1 is 1.28 bits per heavy atom. The predicted molar refractivity (Wildman–Crippen MR) is 67.1 cm³/mol. The van der Waals surface area contributed by atoms with Crippen LogP contribution in [-0.4, -0.2) is 42.8 Å². The smallest absolute Gasteiger partial charge is 0.410 e. The lowest BCUT2D eigenvalue weighted by Gasteiger charge is -2.31. The minimum absolute atomic E-state index is 0.309. The molecule has 18 heavy (non-hydrogen) atoms. The fourth-order valence-electron chi connectivity index (χ4n) is 1.80. The highest BCUT2D eigenvalue weighted by atomic mass is 16.6. The van der Waals surface area contributed by atoms with Gasteiger partial charge >= 0.3 is 12.1 Å². The first-order chi connectivity index (χ1) is 8.24. The van der Waals surface area contributed by atoms with E-state index < -0.39 is 5.60 Å². The summed E-state index contributed by atoms with van der Waals surface area (Å²) in [6, 6.07) is 0. The lowest BCUT2D eigenvalue weighted by molar-refractivity contribution is -0.136. The van der Waals surface area contributed by atoms with Crippen LogP contribution in [0.25, 0.3) is 0 Å². The summed E-state index contributed by atoms with van der Waals surface area (Å²) in [5, 5.41) is 0. The van der Waals surface area contributed by atoms with Gasteiger partial charge in [-0.2, -0.15) is 0 Å². The van der Waals surface area contributed by atoms with Crippen LogP contribution in [-0.2, 0) is 14.3 Å².